The molecule has 82 valence electrons. The molecule has 3 heteroatoms. The molecule has 0 aromatic heterocycles. The molecule has 2 nitrogen and oxygen atoms in total. The Balaban J connectivity index is 2.27. The number of hydrogen-bond acceptors (Lipinski definition) is 2. The Hall–Kier alpha value is -0.153. The van der Waals surface area contributed by atoms with E-state index in [1.54, 1.807) is 0 Å². The van der Waals surface area contributed by atoms with E-state index in [1.807, 2.05) is 0 Å². The maximum Gasteiger partial charge on any atom is 0.165 e. The largest absolute Gasteiger partial charge is 0.414 e. The fourth-order valence-corrected chi connectivity index (χ4v) is 2.58. The van der Waals surface area contributed by atoms with Crippen LogP contribution in [0.1, 0.15) is 40.5 Å². The lowest BCUT2D eigenvalue weighted by Crippen LogP contribution is -2.26. The van der Waals surface area contributed by atoms with Crippen molar-refractivity contribution in [3.05, 3.63) is 0 Å². The van der Waals surface area contributed by atoms with Crippen LogP contribution in [0, 0.1) is 11.3 Å². The Labute approximate surface area is 89.4 Å². The van der Waals surface area contributed by atoms with E-state index in [0.717, 1.165) is 6.29 Å². The molecule has 1 aliphatic rings. The zero-order valence-electron chi connectivity index (χ0n) is 9.75. The van der Waals surface area contributed by atoms with Gasteiger partial charge < -0.3 is 9.22 Å². The quantitative estimate of drug-likeness (QED) is 0.516. The smallest absolute Gasteiger partial charge is 0.165 e. The van der Waals surface area contributed by atoms with E-state index < -0.39 is 9.76 Å². The second-order valence-electron chi connectivity index (χ2n) is 5.54. The van der Waals surface area contributed by atoms with Crippen LogP contribution in [0.2, 0.25) is 5.54 Å². The van der Waals surface area contributed by atoms with Gasteiger partial charge >= 0.3 is 0 Å². The average molecular weight is 214 g/mol. The topological polar surface area (TPSA) is 26.3 Å². The van der Waals surface area contributed by atoms with Gasteiger partial charge in [0.1, 0.15) is 12.4 Å². The minimum absolute atomic E-state index is 0.0773. The molecule has 14 heavy (non-hydrogen) atoms. The summed E-state index contributed by atoms with van der Waals surface area (Å²) < 4.78 is 5.77. The molecule has 0 amide bonds. The fraction of sp³-hybridized carbons (Fsp3) is 0.909. The molecule has 1 saturated carbocycles. The molecular formula is C11H22O2Si. The molecule has 0 aromatic carbocycles. The van der Waals surface area contributed by atoms with E-state index >= 15 is 0 Å². The van der Waals surface area contributed by atoms with Crippen LogP contribution < -0.4 is 0 Å². The predicted octanol–water partition coefficient (Wildman–Crippen LogP) is 1.92. The van der Waals surface area contributed by atoms with Crippen LogP contribution in [0.5, 0.6) is 0 Å². The highest BCUT2D eigenvalue weighted by molar-refractivity contribution is 6.30. The number of carbonyl (C=O) groups is 1. The number of hydrogen-bond donors (Lipinski definition) is 0. The van der Waals surface area contributed by atoms with Crippen molar-refractivity contribution in [1.82, 2.24) is 0 Å². The fourth-order valence-electron chi connectivity index (χ4n) is 1.22. The monoisotopic (exact) mass is 214 g/mol. The first kappa shape index (κ1) is 11.9. The lowest BCUT2D eigenvalue weighted by atomic mass is 9.93. The standard InChI is InChI=1S/C11H22O2Si/c1-8(11(2,3)4)14-13-10(7-12)9-5-6-9/h7-10H,5-6,14H2,1-4H3/t8?,10-/m1/s1. The number of carbonyl (C=O) groups excluding carboxylic acids is 1. The third-order valence-corrected chi connectivity index (χ3v) is 5.54. The van der Waals surface area contributed by atoms with E-state index in [4.69, 9.17) is 4.43 Å². The van der Waals surface area contributed by atoms with E-state index in [9.17, 15) is 4.79 Å². The first-order chi connectivity index (χ1) is 6.45. The minimum atomic E-state index is -0.561. The highest BCUT2D eigenvalue weighted by Gasteiger charge is 2.32. The van der Waals surface area contributed by atoms with E-state index in [0.29, 0.717) is 16.9 Å². The lowest BCUT2D eigenvalue weighted by molar-refractivity contribution is -0.114. The molecule has 1 rings (SSSR count). The van der Waals surface area contributed by atoms with Gasteiger partial charge in [-0.15, -0.1) is 0 Å². The SMILES string of the molecule is CC([SiH2]O[C@H](C=O)C1CC1)C(C)(C)C. The van der Waals surface area contributed by atoms with Crippen LogP contribution in [0.3, 0.4) is 0 Å². The Bertz CT molecular complexity index is 194. The summed E-state index contributed by atoms with van der Waals surface area (Å²) in [6, 6.07) is 0. The number of rotatable bonds is 5. The van der Waals surface area contributed by atoms with Crippen molar-refractivity contribution in [3.8, 4) is 0 Å². The molecule has 0 saturated heterocycles. The van der Waals surface area contributed by atoms with Crippen molar-refractivity contribution in [2.75, 3.05) is 0 Å². The van der Waals surface area contributed by atoms with E-state index in [1.165, 1.54) is 12.8 Å². The molecule has 0 bridgehead atoms. The summed E-state index contributed by atoms with van der Waals surface area (Å²) in [5.41, 5.74) is 0.951. The maximum atomic E-state index is 10.7. The first-order valence-electron chi connectivity index (χ1n) is 5.52. The third kappa shape index (κ3) is 3.54. The summed E-state index contributed by atoms with van der Waals surface area (Å²) in [5.74, 6) is 0.548. The van der Waals surface area contributed by atoms with Crippen LogP contribution >= 0.6 is 0 Å². The molecule has 1 aliphatic carbocycles. The molecule has 0 heterocycles. The summed E-state index contributed by atoms with van der Waals surface area (Å²) in [6.45, 7) is 8.95. The Morgan fingerprint density at radius 3 is 2.36 bits per heavy atom. The van der Waals surface area contributed by atoms with Crippen molar-refractivity contribution in [3.63, 3.8) is 0 Å². The molecule has 2 atom stereocenters. The summed E-state index contributed by atoms with van der Waals surface area (Å²) >= 11 is 0. The summed E-state index contributed by atoms with van der Waals surface area (Å²) in [5, 5.41) is 0. The highest BCUT2D eigenvalue weighted by atomic mass is 28.2. The molecule has 1 unspecified atom stereocenters. The average Bonchev–Trinajstić information content (AvgIpc) is 2.87. The summed E-state index contributed by atoms with van der Waals surface area (Å²) in [4.78, 5) is 10.7. The molecular weight excluding hydrogens is 192 g/mol. The summed E-state index contributed by atoms with van der Waals surface area (Å²) in [7, 11) is -0.561. The van der Waals surface area contributed by atoms with Gasteiger partial charge in [0.15, 0.2) is 9.76 Å². The minimum Gasteiger partial charge on any atom is -0.414 e. The van der Waals surface area contributed by atoms with Crippen molar-refractivity contribution < 1.29 is 9.22 Å². The summed E-state index contributed by atoms with van der Waals surface area (Å²) in [6.07, 6.45) is 3.29. The van der Waals surface area contributed by atoms with Gasteiger partial charge in [-0.3, -0.25) is 0 Å². The van der Waals surface area contributed by atoms with Gasteiger partial charge in [-0.25, -0.2) is 0 Å². The molecule has 0 aliphatic heterocycles. The zero-order chi connectivity index (χ0) is 10.8. The van der Waals surface area contributed by atoms with Gasteiger partial charge in [-0.05, 0) is 29.7 Å². The van der Waals surface area contributed by atoms with Crippen LogP contribution in [0.4, 0.5) is 0 Å². The van der Waals surface area contributed by atoms with Gasteiger partial charge in [0.05, 0.1) is 0 Å². The molecule has 0 N–H and O–H groups in total. The predicted molar refractivity (Wildman–Crippen MR) is 61.1 cm³/mol. The maximum absolute atomic E-state index is 10.7. The highest BCUT2D eigenvalue weighted by Crippen LogP contribution is 2.35. The van der Waals surface area contributed by atoms with Crippen molar-refractivity contribution in [1.29, 1.82) is 0 Å². The van der Waals surface area contributed by atoms with Crippen LogP contribution in [0.15, 0.2) is 0 Å². The number of aldehydes is 1. The molecule has 1 fully saturated rings. The van der Waals surface area contributed by atoms with Crippen LogP contribution in [-0.2, 0) is 9.22 Å². The van der Waals surface area contributed by atoms with Crippen LogP contribution in [-0.4, -0.2) is 22.2 Å². The lowest BCUT2D eigenvalue weighted by Gasteiger charge is -2.27. The van der Waals surface area contributed by atoms with E-state index in [-0.39, 0.29) is 6.10 Å². The van der Waals surface area contributed by atoms with Crippen LogP contribution in [0.25, 0.3) is 0 Å². The van der Waals surface area contributed by atoms with Gasteiger partial charge in [-0.2, -0.15) is 0 Å². The first-order valence-corrected chi connectivity index (χ1v) is 6.91. The Morgan fingerprint density at radius 2 is 2.00 bits per heavy atom. The normalized spacial score (nSPS) is 22.6. The Morgan fingerprint density at radius 1 is 1.43 bits per heavy atom. The molecule has 0 aromatic rings. The van der Waals surface area contributed by atoms with Gasteiger partial charge in [0, 0.05) is 0 Å². The van der Waals surface area contributed by atoms with Crippen molar-refractivity contribution in [2.45, 2.75) is 52.2 Å². The van der Waals surface area contributed by atoms with Crippen molar-refractivity contribution in [2.24, 2.45) is 11.3 Å². The second kappa shape index (κ2) is 4.58. The van der Waals surface area contributed by atoms with Gasteiger partial charge in [0.2, 0.25) is 0 Å². The van der Waals surface area contributed by atoms with Gasteiger partial charge in [-0.1, -0.05) is 27.7 Å². The van der Waals surface area contributed by atoms with E-state index in [2.05, 4.69) is 27.7 Å². The Kier molecular flexibility index (Phi) is 3.90. The third-order valence-electron chi connectivity index (χ3n) is 3.24. The van der Waals surface area contributed by atoms with Crippen molar-refractivity contribution >= 4 is 16.0 Å². The van der Waals surface area contributed by atoms with Gasteiger partial charge in [0.25, 0.3) is 0 Å². The molecule has 0 radical (unpaired) electrons. The second-order valence-corrected chi connectivity index (χ2v) is 7.43. The zero-order valence-corrected chi connectivity index (χ0v) is 11.2. The molecule has 0 spiro atoms.